The SMILES string of the molecule is CCOc1ccc(/C=C/C(=O)NNC(=O)COc2ccc(F)cc2)cc1. The van der Waals surface area contributed by atoms with Crippen molar-refractivity contribution in [3.05, 3.63) is 66.0 Å². The Morgan fingerprint density at radius 1 is 0.962 bits per heavy atom. The fraction of sp³-hybridized carbons (Fsp3) is 0.158. The summed E-state index contributed by atoms with van der Waals surface area (Å²) in [6, 6.07) is 12.5. The van der Waals surface area contributed by atoms with Crippen molar-refractivity contribution in [3.63, 3.8) is 0 Å². The first-order valence-electron chi connectivity index (χ1n) is 7.95. The second-order valence-electron chi connectivity index (χ2n) is 5.12. The van der Waals surface area contributed by atoms with Gasteiger partial charge in [0, 0.05) is 6.08 Å². The molecule has 2 aromatic carbocycles. The Morgan fingerprint density at radius 3 is 2.23 bits per heavy atom. The molecule has 6 nitrogen and oxygen atoms in total. The summed E-state index contributed by atoms with van der Waals surface area (Å²) in [7, 11) is 0. The molecule has 0 aliphatic rings. The Morgan fingerprint density at radius 2 is 1.58 bits per heavy atom. The van der Waals surface area contributed by atoms with Gasteiger partial charge in [-0.25, -0.2) is 4.39 Å². The van der Waals surface area contributed by atoms with E-state index in [9.17, 15) is 14.0 Å². The van der Waals surface area contributed by atoms with E-state index in [-0.39, 0.29) is 6.61 Å². The van der Waals surface area contributed by atoms with Crippen LogP contribution in [0.5, 0.6) is 11.5 Å². The average molecular weight is 358 g/mol. The van der Waals surface area contributed by atoms with Crippen molar-refractivity contribution in [1.82, 2.24) is 10.9 Å². The van der Waals surface area contributed by atoms with E-state index in [2.05, 4.69) is 10.9 Å². The molecule has 0 aromatic heterocycles. The van der Waals surface area contributed by atoms with Crippen LogP contribution in [-0.4, -0.2) is 25.0 Å². The molecule has 2 aromatic rings. The lowest BCUT2D eigenvalue weighted by atomic mass is 10.2. The Labute approximate surface area is 150 Å². The molecule has 2 rings (SSSR count). The summed E-state index contributed by atoms with van der Waals surface area (Å²) < 4.78 is 23.2. The van der Waals surface area contributed by atoms with Gasteiger partial charge in [0.1, 0.15) is 17.3 Å². The minimum atomic E-state index is -0.544. The zero-order valence-corrected chi connectivity index (χ0v) is 14.2. The summed E-state index contributed by atoms with van der Waals surface area (Å²) >= 11 is 0. The Balaban J connectivity index is 1.71. The van der Waals surface area contributed by atoms with E-state index in [1.165, 1.54) is 30.3 Å². The summed E-state index contributed by atoms with van der Waals surface area (Å²) in [5.74, 6) is -0.328. The molecule has 0 fully saturated rings. The van der Waals surface area contributed by atoms with Gasteiger partial charge < -0.3 is 9.47 Å². The lowest BCUT2D eigenvalue weighted by Gasteiger charge is -2.07. The van der Waals surface area contributed by atoms with Crippen molar-refractivity contribution in [2.75, 3.05) is 13.2 Å². The molecule has 0 bridgehead atoms. The van der Waals surface area contributed by atoms with Crippen molar-refractivity contribution < 1.29 is 23.5 Å². The first-order valence-corrected chi connectivity index (χ1v) is 7.95. The van der Waals surface area contributed by atoms with Gasteiger partial charge in [-0.05, 0) is 55.0 Å². The normalized spacial score (nSPS) is 10.4. The van der Waals surface area contributed by atoms with Crippen LogP contribution >= 0.6 is 0 Å². The molecule has 0 radical (unpaired) electrons. The van der Waals surface area contributed by atoms with Crippen molar-refractivity contribution in [2.24, 2.45) is 0 Å². The molecular weight excluding hydrogens is 339 g/mol. The van der Waals surface area contributed by atoms with Gasteiger partial charge in [0.25, 0.3) is 11.8 Å². The maximum absolute atomic E-state index is 12.7. The molecule has 0 spiro atoms. The van der Waals surface area contributed by atoms with Crippen LogP contribution in [-0.2, 0) is 9.59 Å². The second-order valence-corrected chi connectivity index (χ2v) is 5.12. The number of rotatable bonds is 7. The third-order valence-corrected chi connectivity index (χ3v) is 3.13. The molecular formula is C19H19FN2O4. The zero-order valence-electron chi connectivity index (χ0n) is 14.2. The second kappa shape index (κ2) is 9.83. The largest absolute Gasteiger partial charge is 0.494 e. The summed E-state index contributed by atoms with van der Waals surface area (Å²) in [6.45, 7) is 2.17. The standard InChI is InChI=1S/C19H19FN2O4/c1-2-25-16-8-3-14(4-9-16)5-12-18(23)21-22-19(24)13-26-17-10-6-15(20)7-11-17/h3-12H,2,13H2,1H3,(H,21,23)(H,22,24)/b12-5+. The molecule has 136 valence electrons. The van der Waals surface area contributed by atoms with Gasteiger partial charge in [0.15, 0.2) is 6.61 Å². The fourth-order valence-electron chi connectivity index (χ4n) is 1.90. The third kappa shape index (κ3) is 6.64. The van der Waals surface area contributed by atoms with Gasteiger partial charge in [-0.2, -0.15) is 0 Å². The number of hydrogen-bond acceptors (Lipinski definition) is 4. The lowest BCUT2D eigenvalue weighted by Crippen LogP contribution is -2.43. The maximum atomic E-state index is 12.7. The van der Waals surface area contributed by atoms with Crippen LogP contribution in [0.2, 0.25) is 0 Å². The minimum Gasteiger partial charge on any atom is -0.494 e. The van der Waals surface area contributed by atoms with Crippen LogP contribution in [0.25, 0.3) is 6.08 Å². The van der Waals surface area contributed by atoms with Crippen LogP contribution in [0, 0.1) is 5.82 Å². The lowest BCUT2D eigenvalue weighted by molar-refractivity contribution is -0.128. The molecule has 0 aliphatic carbocycles. The Kier molecular flexibility index (Phi) is 7.17. The number of benzene rings is 2. The highest BCUT2D eigenvalue weighted by atomic mass is 19.1. The number of carbonyl (C=O) groups excluding carboxylic acids is 2. The van der Waals surface area contributed by atoms with E-state index in [0.29, 0.717) is 12.4 Å². The van der Waals surface area contributed by atoms with Crippen molar-refractivity contribution in [1.29, 1.82) is 0 Å². The van der Waals surface area contributed by atoms with Crippen molar-refractivity contribution in [2.45, 2.75) is 6.92 Å². The molecule has 7 heteroatoms. The maximum Gasteiger partial charge on any atom is 0.276 e. The summed E-state index contributed by atoms with van der Waals surface area (Å²) in [4.78, 5) is 23.3. The molecule has 0 unspecified atom stereocenters. The average Bonchev–Trinajstić information content (AvgIpc) is 2.65. The van der Waals surface area contributed by atoms with E-state index < -0.39 is 17.6 Å². The predicted octanol–water partition coefficient (Wildman–Crippen LogP) is 2.46. The molecule has 2 amide bonds. The number of hydrazine groups is 1. The monoisotopic (exact) mass is 358 g/mol. The van der Waals surface area contributed by atoms with Crippen LogP contribution in [0.1, 0.15) is 12.5 Å². The van der Waals surface area contributed by atoms with Gasteiger partial charge in [-0.1, -0.05) is 12.1 Å². The molecule has 0 saturated carbocycles. The van der Waals surface area contributed by atoms with E-state index >= 15 is 0 Å². The minimum absolute atomic E-state index is 0.311. The summed E-state index contributed by atoms with van der Waals surface area (Å²) in [5.41, 5.74) is 5.27. The van der Waals surface area contributed by atoms with Gasteiger partial charge in [-0.3, -0.25) is 20.4 Å². The Bertz CT molecular complexity index is 758. The smallest absolute Gasteiger partial charge is 0.276 e. The number of amides is 2. The van der Waals surface area contributed by atoms with E-state index in [1.54, 1.807) is 18.2 Å². The van der Waals surface area contributed by atoms with Crippen molar-refractivity contribution in [3.8, 4) is 11.5 Å². The first-order chi connectivity index (χ1) is 12.6. The number of hydrogen-bond donors (Lipinski definition) is 2. The molecule has 0 saturated heterocycles. The van der Waals surface area contributed by atoms with Gasteiger partial charge in [-0.15, -0.1) is 0 Å². The van der Waals surface area contributed by atoms with Gasteiger partial charge >= 0.3 is 0 Å². The molecule has 0 heterocycles. The van der Waals surface area contributed by atoms with Gasteiger partial charge in [0.2, 0.25) is 0 Å². The number of ether oxygens (including phenoxy) is 2. The molecule has 0 aliphatic heterocycles. The first kappa shape index (κ1) is 19.0. The summed E-state index contributed by atoms with van der Waals surface area (Å²) in [5, 5.41) is 0. The predicted molar refractivity (Wildman–Crippen MR) is 94.8 cm³/mol. The van der Waals surface area contributed by atoms with Crippen LogP contribution in [0.4, 0.5) is 4.39 Å². The summed E-state index contributed by atoms with van der Waals surface area (Å²) in [6.07, 6.45) is 2.89. The highest BCUT2D eigenvalue weighted by Gasteiger charge is 2.04. The number of halogens is 1. The molecule has 26 heavy (non-hydrogen) atoms. The van der Waals surface area contributed by atoms with E-state index in [4.69, 9.17) is 9.47 Å². The zero-order chi connectivity index (χ0) is 18.8. The molecule has 0 atom stereocenters. The van der Waals surface area contributed by atoms with Crippen molar-refractivity contribution >= 4 is 17.9 Å². The number of carbonyl (C=O) groups is 2. The van der Waals surface area contributed by atoms with Crippen LogP contribution in [0.3, 0.4) is 0 Å². The van der Waals surface area contributed by atoms with Crippen LogP contribution in [0.15, 0.2) is 54.6 Å². The third-order valence-electron chi connectivity index (χ3n) is 3.13. The Hall–Kier alpha value is -3.35. The van der Waals surface area contributed by atoms with E-state index in [0.717, 1.165) is 11.3 Å². The van der Waals surface area contributed by atoms with E-state index in [1.807, 2.05) is 19.1 Å². The highest BCUT2D eigenvalue weighted by molar-refractivity contribution is 5.93. The fourth-order valence-corrected chi connectivity index (χ4v) is 1.90. The number of nitrogens with one attached hydrogen (secondary N) is 2. The van der Waals surface area contributed by atoms with Gasteiger partial charge in [0.05, 0.1) is 6.61 Å². The molecule has 2 N–H and O–H groups in total. The topological polar surface area (TPSA) is 76.7 Å². The highest BCUT2D eigenvalue weighted by Crippen LogP contribution is 2.13. The quantitative estimate of drug-likeness (QED) is 0.589. The van der Waals surface area contributed by atoms with Crippen LogP contribution < -0.4 is 20.3 Å².